The van der Waals surface area contributed by atoms with Gasteiger partial charge in [0.1, 0.15) is 4.32 Å². The van der Waals surface area contributed by atoms with Crippen molar-refractivity contribution in [2.75, 3.05) is 6.54 Å². The van der Waals surface area contributed by atoms with Crippen molar-refractivity contribution in [3.05, 3.63) is 59.6 Å². The molecule has 0 aliphatic heterocycles. The highest BCUT2D eigenvalue weighted by molar-refractivity contribution is 8.11. The van der Waals surface area contributed by atoms with E-state index < -0.39 is 0 Å². The molecule has 3 heteroatoms. The molecule has 0 fully saturated rings. The van der Waals surface area contributed by atoms with Crippen molar-refractivity contribution < 1.29 is 0 Å². The Labute approximate surface area is 101 Å². The highest BCUT2D eigenvalue weighted by atomic mass is 32.1. The zero-order valence-electron chi connectivity index (χ0n) is 8.93. The van der Waals surface area contributed by atoms with Gasteiger partial charge in [-0.2, -0.15) is 0 Å². The molecule has 83 valence electrons. The molecule has 0 aromatic rings. The molecule has 0 saturated heterocycles. The van der Waals surface area contributed by atoms with Gasteiger partial charge in [-0.3, -0.25) is 0 Å². The van der Waals surface area contributed by atoms with Crippen LogP contribution in [-0.2, 0) is 0 Å². The SMILES string of the molecule is C=C.C=C.C=C.C=C.[CH2]CNC(=S)S. The second-order valence-electron chi connectivity index (χ2n) is 0.732. The molecular formula is C11H22NS2. The van der Waals surface area contributed by atoms with Crippen molar-refractivity contribution in [3.8, 4) is 0 Å². The maximum Gasteiger partial charge on any atom is 0.130 e. The second kappa shape index (κ2) is 86.8. The van der Waals surface area contributed by atoms with Crippen molar-refractivity contribution in [1.82, 2.24) is 5.32 Å². The normalized spacial score (nSPS) is 4.43. The van der Waals surface area contributed by atoms with Crippen LogP contribution in [-0.4, -0.2) is 10.9 Å². The summed E-state index contributed by atoms with van der Waals surface area (Å²) in [6, 6.07) is 0. The van der Waals surface area contributed by atoms with E-state index in [1.807, 2.05) is 0 Å². The lowest BCUT2D eigenvalue weighted by atomic mass is 10.8. The minimum atomic E-state index is 0.505. The quantitative estimate of drug-likeness (QED) is 0.405. The Hall–Kier alpha value is -0.800. The lowest BCUT2D eigenvalue weighted by molar-refractivity contribution is 1.08. The zero-order valence-corrected chi connectivity index (χ0v) is 10.6. The molecule has 0 amide bonds. The summed E-state index contributed by atoms with van der Waals surface area (Å²) in [4.78, 5) is 0. The summed E-state index contributed by atoms with van der Waals surface area (Å²) in [5.41, 5.74) is 0. The molecule has 0 aliphatic carbocycles. The lowest BCUT2D eigenvalue weighted by Gasteiger charge is -1.91. The monoisotopic (exact) mass is 232 g/mol. The van der Waals surface area contributed by atoms with Gasteiger partial charge in [-0.05, 0) is 6.92 Å². The Morgan fingerprint density at radius 1 is 0.929 bits per heavy atom. The summed E-state index contributed by atoms with van der Waals surface area (Å²) in [5, 5.41) is 2.69. The predicted molar refractivity (Wildman–Crippen MR) is 80.0 cm³/mol. The van der Waals surface area contributed by atoms with Gasteiger partial charge in [0.15, 0.2) is 0 Å². The first-order valence-corrected chi connectivity index (χ1v) is 4.39. The zero-order chi connectivity index (χ0) is 13.0. The van der Waals surface area contributed by atoms with Crippen LogP contribution in [0, 0.1) is 6.92 Å². The molecule has 1 nitrogen and oxygen atoms in total. The van der Waals surface area contributed by atoms with Crippen molar-refractivity contribution in [2.45, 2.75) is 0 Å². The van der Waals surface area contributed by atoms with E-state index in [-0.39, 0.29) is 0 Å². The van der Waals surface area contributed by atoms with Crippen molar-refractivity contribution in [3.63, 3.8) is 0 Å². The first kappa shape index (κ1) is 29.2. The molecule has 0 heterocycles. The van der Waals surface area contributed by atoms with Crippen LogP contribution in [0.3, 0.4) is 0 Å². The Bertz CT molecular complexity index is 87.3. The molecule has 0 aromatic carbocycles. The van der Waals surface area contributed by atoms with Gasteiger partial charge in [0, 0.05) is 6.54 Å². The molecule has 0 saturated carbocycles. The standard InChI is InChI=1S/C3H6NS2.4C2H4/c1-2-4-3(5)6;4*1-2/h1-2H2,(H2,4,5,6);4*1-2H2. The third-order valence-corrected chi connectivity index (χ3v) is 0.579. The Kier molecular flexibility index (Phi) is 181. The summed E-state index contributed by atoms with van der Waals surface area (Å²) >= 11 is 8.27. The smallest absolute Gasteiger partial charge is 0.130 e. The topological polar surface area (TPSA) is 12.0 Å². The van der Waals surface area contributed by atoms with Crippen LogP contribution in [0.4, 0.5) is 0 Å². The summed E-state index contributed by atoms with van der Waals surface area (Å²) in [7, 11) is 0. The number of rotatable bonds is 1. The number of hydrogen-bond donors (Lipinski definition) is 2. The van der Waals surface area contributed by atoms with E-state index in [4.69, 9.17) is 0 Å². The van der Waals surface area contributed by atoms with E-state index in [0.29, 0.717) is 10.9 Å². The molecule has 14 heavy (non-hydrogen) atoms. The van der Waals surface area contributed by atoms with Crippen LogP contribution in [0.5, 0.6) is 0 Å². The van der Waals surface area contributed by atoms with E-state index in [0.717, 1.165) is 0 Å². The molecule has 0 unspecified atom stereocenters. The van der Waals surface area contributed by atoms with Gasteiger partial charge in [-0.15, -0.1) is 65.3 Å². The molecule has 0 spiro atoms. The van der Waals surface area contributed by atoms with Gasteiger partial charge in [0.2, 0.25) is 0 Å². The van der Waals surface area contributed by atoms with Gasteiger partial charge < -0.3 is 5.32 Å². The van der Waals surface area contributed by atoms with Crippen LogP contribution in [0.15, 0.2) is 52.6 Å². The molecular weight excluding hydrogens is 210 g/mol. The summed E-state index contributed by atoms with van der Waals surface area (Å²) in [6.45, 7) is 28.1. The minimum Gasteiger partial charge on any atom is -0.371 e. The average molecular weight is 232 g/mol. The van der Waals surface area contributed by atoms with E-state index in [2.05, 4.69) is 89.7 Å². The third-order valence-electron chi connectivity index (χ3n) is 0.276. The molecule has 0 aliphatic rings. The van der Waals surface area contributed by atoms with Crippen LogP contribution < -0.4 is 5.32 Å². The van der Waals surface area contributed by atoms with E-state index in [9.17, 15) is 0 Å². The van der Waals surface area contributed by atoms with Gasteiger partial charge >= 0.3 is 0 Å². The first-order chi connectivity index (χ1) is 6.77. The number of thiocarbonyl (C=S) groups is 1. The Balaban J connectivity index is -0.0000000287. The molecule has 0 atom stereocenters. The van der Waals surface area contributed by atoms with Crippen molar-refractivity contribution >= 4 is 29.2 Å². The molecule has 1 N–H and O–H groups in total. The molecule has 0 bridgehead atoms. The first-order valence-electron chi connectivity index (χ1n) is 3.53. The number of thiol groups is 1. The Morgan fingerprint density at radius 3 is 1.14 bits per heavy atom. The van der Waals surface area contributed by atoms with Crippen LogP contribution in [0.2, 0.25) is 0 Å². The highest BCUT2D eigenvalue weighted by Gasteiger charge is 1.75. The van der Waals surface area contributed by atoms with Crippen LogP contribution in [0.1, 0.15) is 0 Å². The van der Waals surface area contributed by atoms with Gasteiger partial charge in [0.05, 0.1) is 0 Å². The van der Waals surface area contributed by atoms with E-state index in [1.54, 1.807) is 0 Å². The minimum absolute atomic E-state index is 0.505. The van der Waals surface area contributed by atoms with E-state index in [1.165, 1.54) is 0 Å². The molecule has 0 rings (SSSR count). The largest absolute Gasteiger partial charge is 0.371 e. The summed E-state index contributed by atoms with van der Waals surface area (Å²) in [6.07, 6.45) is 0. The van der Waals surface area contributed by atoms with Crippen molar-refractivity contribution in [2.24, 2.45) is 0 Å². The summed E-state index contributed by atoms with van der Waals surface area (Å²) in [5.74, 6) is 0. The maximum atomic E-state index is 4.51. The Morgan fingerprint density at radius 2 is 1.14 bits per heavy atom. The van der Waals surface area contributed by atoms with E-state index >= 15 is 0 Å². The van der Waals surface area contributed by atoms with Crippen molar-refractivity contribution in [1.29, 1.82) is 0 Å². The van der Waals surface area contributed by atoms with Gasteiger partial charge in [0.25, 0.3) is 0 Å². The fourth-order valence-electron chi connectivity index (χ4n) is 0.107. The van der Waals surface area contributed by atoms with Gasteiger partial charge in [-0.25, -0.2) is 0 Å². The maximum absolute atomic E-state index is 4.51. The fourth-order valence-corrected chi connectivity index (χ4v) is 0.321. The van der Waals surface area contributed by atoms with Crippen LogP contribution >= 0.6 is 24.8 Å². The molecule has 0 aromatic heterocycles. The number of hydrogen-bond acceptors (Lipinski definition) is 1. The summed E-state index contributed by atoms with van der Waals surface area (Å²) < 4.78 is 0.505. The average Bonchev–Trinajstić information content (AvgIpc) is 2.29. The predicted octanol–water partition coefficient (Wildman–Crippen LogP) is 3.83. The third kappa shape index (κ3) is 241. The number of nitrogens with one attached hydrogen (secondary N) is 1. The fraction of sp³-hybridized carbons (Fsp3) is 0.0909. The van der Waals surface area contributed by atoms with Crippen LogP contribution in [0.25, 0.3) is 0 Å². The lowest BCUT2D eigenvalue weighted by Crippen LogP contribution is -2.14. The molecule has 1 radical (unpaired) electrons. The second-order valence-corrected chi connectivity index (χ2v) is 1.89. The highest BCUT2D eigenvalue weighted by Crippen LogP contribution is 1.72. The van der Waals surface area contributed by atoms with Gasteiger partial charge in [-0.1, -0.05) is 12.2 Å².